The molecule has 0 bridgehead atoms. The molecule has 0 aromatic heterocycles. The largest absolute Gasteiger partial charge is 0.300 e. The first kappa shape index (κ1) is 10.5. The van der Waals surface area contributed by atoms with Crippen LogP contribution in [0.3, 0.4) is 0 Å². The maximum atomic E-state index is 10.8. The lowest BCUT2D eigenvalue weighted by Gasteiger charge is -2.00. The summed E-state index contributed by atoms with van der Waals surface area (Å²) in [6.07, 6.45) is 7.38. The van der Waals surface area contributed by atoms with E-state index in [-0.39, 0.29) is 5.78 Å². The van der Waals surface area contributed by atoms with Gasteiger partial charge in [-0.25, -0.2) is 0 Å². The Kier molecular flexibility index (Phi) is 3.94. The second-order valence-electron chi connectivity index (χ2n) is 3.40. The topological polar surface area (TPSA) is 17.1 Å². The number of terminal acetylenes is 1. The van der Waals surface area contributed by atoms with Gasteiger partial charge in [-0.3, -0.25) is 4.79 Å². The Morgan fingerprint density at radius 1 is 1.29 bits per heavy atom. The van der Waals surface area contributed by atoms with Crippen LogP contribution in [-0.2, 0) is 17.6 Å². The fraction of sp³-hybridized carbons (Fsp3) is 0.308. The molecule has 0 unspecified atom stereocenters. The average molecular weight is 186 g/mol. The molecule has 0 saturated heterocycles. The van der Waals surface area contributed by atoms with E-state index in [1.54, 1.807) is 6.92 Å². The summed E-state index contributed by atoms with van der Waals surface area (Å²) in [5.41, 5.74) is 2.30. The molecule has 0 aliphatic rings. The summed E-state index contributed by atoms with van der Waals surface area (Å²) in [5.74, 6) is 2.80. The molecule has 72 valence electrons. The van der Waals surface area contributed by atoms with Gasteiger partial charge in [-0.1, -0.05) is 24.3 Å². The Morgan fingerprint density at radius 3 is 2.36 bits per heavy atom. The second kappa shape index (κ2) is 5.24. The summed E-state index contributed by atoms with van der Waals surface area (Å²) in [6.45, 7) is 1.60. The predicted octanol–water partition coefficient (Wildman–Crippen LogP) is 2.38. The zero-order chi connectivity index (χ0) is 10.4. The van der Waals surface area contributed by atoms with Crippen molar-refractivity contribution in [3.63, 3.8) is 0 Å². The lowest BCUT2D eigenvalue weighted by Crippen LogP contribution is -1.96. The average Bonchev–Trinajstić information content (AvgIpc) is 2.16. The summed E-state index contributed by atoms with van der Waals surface area (Å²) in [4.78, 5) is 10.8. The maximum Gasteiger partial charge on any atom is 0.134 e. The van der Waals surface area contributed by atoms with E-state index in [1.807, 2.05) is 24.3 Å². The van der Waals surface area contributed by atoms with E-state index in [9.17, 15) is 4.79 Å². The minimum atomic E-state index is 0.196. The van der Waals surface area contributed by atoms with E-state index in [2.05, 4.69) is 5.92 Å². The van der Waals surface area contributed by atoms with Crippen molar-refractivity contribution in [2.24, 2.45) is 0 Å². The van der Waals surface area contributed by atoms with Crippen LogP contribution in [0.25, 0.3) is 0 Å². The Balaban J connectivity index is 2.60. The summed E-state index contributed by atoms with van der Waals surface area (Å²) in [5, 5.41) is 0. The third kappa shape index (κ3) is 3.45. The Morgan fingerprint density at radius 2 is 1.86 bits per heavy atom. The highest BCUT2D eigenvalue weighted by molar-refractivity contribution is 5.78. The first-order chi connectivity index (χ1) is 6.72. The fourth-order valence-electron chi connectivity index (χ4n) is 1.33. The van der Waals surface area contributed by atoms with Crippen LogP contribution in [0.5, 0.6) is 0 Å². The van der Waals surface area contributed by atoms with E-state index in [0.29, 0.717) is 6.42 Å². The molecule has 0 atom stereocenters. The van der Waals surface area contributed by atoms with Crippen LogP contribution >= 0.6 is 0 Å². The first-order valence-electron chi connectivity index (χ1n) is 4.73. The highest BCUT2D eigenvalue weighted by atomic mass is 16.1. The molecule has 14 heavy (non-hydrogen) atoms. The highest BCUT2D eigenvalue weighted by Gasteiger charge is 1.97. The van der Waals surface area contributed by atoms with Crippen LogP contribution in [0, 0.1) is 12.3 Å². The smallest absolute Gasteiger partial charge is 0.134 e. The number of rotatable bonds is 4. The Bertz CT molecular complexity index is 340. The molecule has 0 N–H and O–H groups in total. The molecule has 0 radical (unpaired) electrons. The van der Waals surface area contributed by atoms with Crippen molar-refractivity contribution in [2.45, 2.75) is 26.2 Å². The molecule has 0 aliphatic carbocycles. The second-order valence-corrected chi connectivity index (χ2v) is 3.40. The van der Waals surface area contributed by atoms with Crippen molar-refractivity contribution < 1.29 is 4.79 Å². The van der Waals surface area contributed by atoms with Crippen LogP contribution in [-0.4, -0.2) is 5.78 Å². The van der Waals surface area contributed by atoms with Gasteiger partial charge < -0.3 is 0 Å². The normalized spacial score (nSPS) is 9.43. The minimum absolute atomic E-state index is 0.196. The quantitative estimate of drug-likeness (QED) is 0.660. The van der Waals surface area contributed by atoms with Gasteiger partial charge in [0, 0.05) is 12.8 Å². The minimum Gasteiger partial charge on any atom is -0.300 e. The lowest BCUT2D eigenvalue weighted by molar-refractivity contribution is -0.116. The molecule has 1 aromatic carbocycles. The highest BCUT2D eigenvalue weighted by Crippen LogP contribution is 2.07. The molecule has 0 aliphatic heterocycles. The monoisotopic (exact) mass is 186 g/mol. The zero-order valence-electron chi connectivity index (χ0n) is 8.42. The van der Waals surface area contributed by atoms with Crippen LogP contribution in [0.1, 0.15) is 24.5 Å². The van der Waals surface area contributed by atoms with Crippen molar-refractivity contribution in [1.29, 1.82) is 0 Å². The van der Waals surface area contributed by atoms with Crippen molar-refractivity contribution in [1.82, 2.24) is 0 Å². The van der Waals surface area contributed by atoms with Gasteiger partial charge in [0.1, 0.15) is 5.78 Å². The third-order valence-electron chi connectivity index (χ3n) is 2.03. The molecule has 1 rings (SSSR count). The van der Waals surface area contributed by atoms with Gasteiger partial charge in [0.15, 0.2) is 0 Å². The van der Waals surface area contributed by atoms with E-state index in [4.69, 9.17) is 6.42 Å². The number of benzene rings is 1. The third-order valence-corrected chi connectivity index (χ3v) is 2.03. The number of Topliss-reactive ketones (excluding diaryl/α,β-unsaturated/α-hetero) is 1. The number of hydrogen-bond donors (Lipinski definition) is 0. The Hall–Kier alpha value is -1.55. The molecule has 1 aromatic rings. The van der Waals surface area contributed by atoms with Crippen LogP contribution in [0.4, 0.5) is 0 Å². The SMILES string of the molecule is C#CCCc1ccc(CC(C)=O)cc1. The summed E-state index contributed by atoms with van der Waals surface area (Å²) in [6, 6.07) is 8.06. The zero-order valence-corrected chi connectivity index (χ0v) is 8.42. The Labute approximate surface area is 85.1 Å². The summed E-state index contributed by atoms with van der Waals surface area (Å²) in [7, 11) is 0. The van der Waals surface area contributed by atoms with E-state index >= 15 is 0 Å². The summed E-state index contributed by atoms with van der Waals surface area (Å²) < 4.78 is 0. The summed E-state index contributed by atoms with van der Waals surface area (Å²) >= 11 is 0. The van der Waals surface area contributed by atoms with Gasteiger partial charge in [-0.15, -0.1) is 12.3 Å². The van der Waals surface area contributed by atoms with Crippen molar-refractivity contribution in [3.05, 3.63) is 35.4 Å². The van der Waals surface area contributed by atoms with Gasteiger partial charge in [0.2, 0.25) is 0 Å². The predicted molar refractivity (Wildman–Crippen MR) is 58.0 cm³/mol. The van der Waals surface area contributed by atoms with Gasteiger partial charge in [0.25, 0.3) is 0 Å². The molecular formula is C13H14O. The van der Waals surface area contributed by atoms with Gasteiger partial charge in [0.05, 0.1) is 0 Å². The fourth-order valence-corrected chi connectivity index (χ4v) is 1.33. The van der Waals surface area contributed by atoms with Crippen molar-refractivity contribution >= 4 is 5.78 Å². The molecule has 0 spiro atoms. The molecule has 0 amide bonds. The van der Waals surface area contributed by atoms with Crippen LogP contribution in [0.2, 0.25) is 0 Å². The lowest BCUT2D eigenvalue weighted by atomic mass is 10.0. The molecule has 1 heteroatoms. The number of aryl methyl sites for hydroxylation is 1. The van der Waals surface area contributed by atoms with Gasteiger partial charge in [-0.05, 0) is 24.5 Å². The first-order valence-corrected chi connectivity index (χ1v) is 4.73. The van der Waals surface area contributed by atoms with E-state index in [1.165, 1.54) is 5.56 Å². The van der Waals surface area contributed by atoms with Crippen LogP contribution in [0.15, 0.2) is 24.3 Å². The number of carbonyl (C=O) groups excluding carboxylic acids is 1. The number of ketones is 1. The van der Waals surface area contributed by atoms with Crippen molar-refractivity contribution in [2.75, 3.05) is 0 Å². The van der Waals surface area contributed by atoms with Crippen LogP contribution < -0.4 is 0 Å². The maximum absolute atomic E-state index is 10.8. The molecule has 0 saturated carbocycles. The molecule has 0 heterocycles. The van der Waals surface area contributed by atoms with Gasteiger partial charge in [-0.2, -0.15) is 0 Å². The standard InChI is InChI=1S/C13H14O/c1-3-4-5-12-6-8-13(9-7-12)10-11(2)14/h1,6-9H,4-5,10H2,2H3. The molecule has 1 nitrogen and oxygen atoms in total. The van der Waals surface area contributed by atoms with E-state index < -0.39 is 0 Å². The number of hydrogen-bond acceptors (Lipinski definition) is 1. The van der Waals surface area contributed by atoms with E-state index in [0.717, 1.165) is 18.4 Å². The van der Waals surface area contributed by atoms with Gasteiger partial charge >= 0.3 is 0 Å². The number of carbonyl (C=O) groups is 1. The molecule has 0 fully saturated rings. The molecular weight excluding hydrogens is 172 g/mol. The van der Waals surface area contributed by atoms with Crippen molar-refractivity contribution in [3.8, 4) is 12.3 Å².